The van der Waals surface area contributed by atoms with Gasteiger partial charge in [-0.25, -0.2) is 4.39 Å². The molecule has 1 fully saturated rings. The third kappa shape index (κ3) is 3.29. The molecule has 1 aromatic carbocycles. The van der Waals surface area contributed by atoms with Crippen LogP contribution in [0.3, 0.4) is 0 Å². The molecule has 1 aliphatic rings. The quantitative estimate of drug-likeness (QED) is 0.818. The number of benzene rings is 1. The average molecular weight is 266 g/mol. The molecule has 1 heterocycles. The molecule has 0 aliphatic carbocycles. The maximum atomic E-state index is 12.9. The number of nitrogens with one attached hydrogen (secondary N) is 1. The fourth-order valence-corrected chi connectivity index (χ4v) is 1.95. The van der Waals surface area contributed by atoms with Crippen molar-refractivity contribution in [1.82, 2.24) is 10.2 Å². The Balaban J connectivity index is 1.83. The van der Waals surface area contributed by atoms with Crippen LogP contribution < -0.4 is 5.32 Å². The van der Waals surface area contributed by atoms with Crippen LogP contribution in [-0.4, -0.2) is 47.1 Å². The Kier molecular flexibility index (Phi) is 3.53. The van der Waals surface area contributed by atoms with Gasteiger partial charge in [0.2, 0.25) is 5.91 Å². The number of aliphatic hydroxyl groups is 1. The largest absolute Gasteiger partial charge is 0.386 e. The van der Waals surface area contributed by atoms with Crippen LogP contribution in [0.4, 0.5) is 4.39 Å². The molecule has 1 aromatic rings. The van der Waals surface area contributed by atoms with Crippen molar-refractivity contribution >= 4 is 11.8 Å². The van der Waals surface area contributed by atoms with E-state index in [2.05, 4.69) is 5.32 Å². The van der Waals surface area contributed by atoms with Crippen molar-refractivity contribution in [3.05, 3.63) is 35.6 Å². The van der Waals surface area contributed by atoms with Gasteiger partial charge in [0.15, 0.2) is 0 Å². The molecule has 102 valence electrons. The SMILES string of the molecule is CC1(O)CN(C(=O)CNC(=O)c2cccc(F)c2)C1. The van der Waals surface area contributed by atoms with Crippen molar-refractivity contribution < 1.29 is 19.1 Å². The van der Waals surface area contributed by atoms with Gasteiger partial charge >= 0.3 is 0 Å². The van der Waals surface area contributed by atoms with E-state index in [0.29, 0.717) is 0 Å². The Bertz CT molecular complexity index is 508. The van der Waals surface area contributed by atoms with Crippen molar-refractivity contribution in [1.29, 1.82) is 0 Å². The second-order valence-electron chi connectivity index (χ2n) is 4.94. The van der Waals surface area contributed by atoms with Crippen LogP contribution in [0.25, 0.3) is 0 Å². The number of likely N-dealkylation sites (tertiary alicyclic amines) is 1. The lowest BCUT2D eigenvalue weighted by Crippen LogP contribution is -2.63. The summed E-state index contributed by atoms with van der Waals surface area (Å²) in [6.45, 7) is 2.01. The molecule has 0 unspecified atom stereocenters. The highest BCUT2D eigenvalue weighted by molar-refractivity contribution is 5.96. The van der Waals surface area contributed by atoms with Gasteiger partial charge in [-0.1, -0.05) is 6.07 Å². The summed E-state index contributed by atoms with van der Waals surface area (Å²) in [5, 5.41) is 11.9. The minimum Gasteiger partial charge on any atom is -0.386 e. The Morgan fingerprint density at radius 3 is 2.74 bits per heavy atom. The zero-order chi connectivity index (χ0) is 14.0. The second kappa shape index (κ2) is 4.97. The van der Waals surface area contributed by atoms with Crippen LogP contribution >= 0.6 is 0 Å². The summed E-state index contributed by atoms with van der Waals surface area (Å²) in [7, 11) is 0. The summed E-state index contributed by atoms with van der Waals surface area (Å²) in [6.07, 6.45) is 0. The van der Waals surface area contributed by atoms with Crippen LogP contribution in [0.15, 0.2) is 24.3 Å². The smallest absolute Gasteiger partial charge is 0.251 e. The number of carbonyl (C=O) groups is 2. The van der Waals surface area contributed by atoms with E-state index in [4.69, 9.17) is 0 Å². The van der Waals surface area contributed by atoms with E-state index in [0.717, 1.165) is 6.07 Å². The fraction of sp³-hybridized carbons (Fsp3) is 0.385. The molecule has 2 amide bonds. The monoisotopic (exact) mass is 266 g/mol. The van der Waals surface area contributed by atoms with Gasteiger partial charge in [0.1, 0.15) is 5.82 Å². The molecule has 0 bridgehead atoms. The van der Waals surface area contributed by atoms with Crippen molar-refractivity contribution in [3.8, 4) is 0 Å². The van der Waals surface area contributed by atoms with Crippen LogP contribution in [0.2, 0.25) is 0 Å². The highest BCUT2D eigenvalue weighted by Gasteiger charge is 2.39. The van der Waals surface area contributed by atoms with E-state index in [1.165, 1.54) is 23.1 Å². The molecule has 1 saturated heterocycles. The molecule has 0 aromatic heterocycles. The zero-order valence-corrected chi connectivity index (χ0v) is 10.5. The summed E-state index contributed by atoms with van der Waals surface area (Å²) in [5.74, 6) is -1.27. The maximum Gasteiger partial charge on any atom is 0.251 e. The summed E-state index contributed by atoms with van der Waals surface area (Å²) < 4.78 is 12.9. The van der Waals surface area contributed by atoms with E-state index in [1.807, 2.05) is 0 Å². The van der Waals surface area contributed by atoms with E-state index in [-0.39, 0.29) is 31.1 Å². The molecule has 0 spiro atoms. The normalized spacial score (nSPS) is 16.7. The molecule has 0 radical (unpaired) electrons. The fourth-order valence-electron chi connectivity index (χ4n) is 1.95. The molecule has 0 saturated carbocycles. The maximum absolute atomic E-state index is 12.9. The van der Waals surface area contributed by atoms with Gasteiger partial charge in [-0.3, -0.25) is 9.59 Å². The number of β-amino-alcohol motifs (C(OH)–C–C–N with tert-alkyl or cyclic N) is 1. The van der Waals surface area contributed by atoms with Crippen molar-refractivity contribution in [2.24, 2.45) is 0 Å². The molecule has 6 heteroatoms. The Morgan fingerprint density at radius 1 is 1.47 bits per heavy atom. The number of hydrogen-bond acceptors (Lipinski definition) is 3. The summed E-state index contributed by atoms with van der Waals surface area (Å²) in [5.41, 5.74) is -0.661. The number of carbonyl (C=O) groups excluding carboxylic acids is 2. The third-order valence-corrected chi connectivity index (χ3v) is 2.90. The lowest BCUT2D eigenvalue weighted by molar-refractivity contribution is -0.151. The van der Waals surface area contributed by atoms with E-state index < -0.39 is 17.3 Å². The highest BCUT2D eigenvalue weighted by Crippen LogP contribution is 2.19. The van der Waals surface area contributed by atoms with Crippen LogP contribution in [0, 0.1) is 5.82 Å². The predicted molar refractivity (Wildman–Crippen MR) is 65.9 cm³/mol. The number of hydrogen-bond donors (Lipinski definition) is 2. The van der Waals surface area contributed by atoms with Crippen LogP contribution in [-0.2, 0) is 4.79 Å². The minimum atomic E-state index is -0.831. The molecule has 19 heavy (non-hydrogen) atoms. The molecule has 5 nitrogen and oxygen atoms in total. The summed E-state index contributed by atoms with van der Waals surface area (Å²) in [6, 6.07) is 5.24. The van der Waals surface area contributed by atoms with Gasteiger partial charge in [0, 0.05) is 5.56 Å². The predicted octanol–water partition coefficient (Wildman–Crippen LogP) is 0.149. The molecule has 0 atom stereocenters. The first kappa shape index (κ1) is 13.5. The number of halogens is 1. The van der Waals surface area contributed by atoms with E-state index >= 15 is 0 Å². The van der Waals surface area contributed by atoms with E-state index in [1.54, 1.807) is 6.92 Å². The first-order chi connectivity index (χ1) is 8.87. The highest BCUT2D eigenvalue weighted by atomic mass is 19.1. The topological polar surface area (TPSA) is 69.6 Å². The number of amides is 2. The number of nitrogens with zero attached hydrogens (tertiary/aromatic N) is 1. The van der Waals surface area contributed by atoms with Gasteiger partial charge in [0.05, 0.1) is 25.2 Å². The van der Waals surface area contributed by atoms with Gasteiger partial charge in [-0.2, -0.15) is 0 Å². The van der Waals surface area contributed by atoms with Gasteiger partial charge in [-0.15, -0.1) is 0 Å². The first-order valence-corrected chi connectivity index (χ1v) is 5.91. The molecular formula is C13H15FN2O3. The summed E-state index contributed by atoms with van der Waals surface area (Å²) >= 11 is 0. The Hall–Kier alpha value is -1.95. The van der Waals surface area contributed by atoms with Gasteiger partial charge < -0.3 is 15.3 Å². The summed E-state index contributed by atoms with van der Waals surface area (Å²) in [4.78, 5) is 24.8. The second-order valence-corrected chi connectivity index (χ2v) is 4.94. The first-order valence-electron chi connectivity index (χ1n) is 5.91. The van der Waals surface area contributed by atoms with E-state index in [9.17, 15) is 19.1 Å². The van der Waals surface area contributed by atoms with Crippen molar-refractivity contribution in [2.75, 3.05) is 19.6 Å². The van der Waals surface area contributed by atoms with Crippen LogP contribution in [0.1, 0.15) is 17.3 Å². The molecular weight excluding hydrogens is 251 g/mol. The van der Waals surface area contributed by atoms with Crippen molar-refractivity contribution in [2.45, 2.75) is 12.5 Å². The lowest BCUT2D eigenvalue weighted by atomic mass is 9.97. The van der Waals surface area contributed by atoms with Crippen molar-refractivity contribution in [3.63, 3.8) is 0 Å². The Labute approximate surface area is 110 Å². The third-order valence-electron chi connectivity index (χ3n) is 2.90. The van der Waals surface area contributed by atoms with Gasteiger partial charge in [0.25, 0.3) is 5.91 Å². The van der Waals surface area contributed by atoms with Gasteiger partial charge in [-0.05, 0) is 25.1 Å². The molecule has 1 aliphatic heterocycles. The van der Waals surface area contributed by atoms with Crippen LogP contribution in [0.5, 0.6) is 0 Å². The lowest BCUT2D eigenvalue weighted by Gasteiger charge is -2.44. The molecule has 2 rings (SSSR count). The molecule has 2 N–H and O–H groups in total. The Morgan fingerprint density at radius 2 is 2.16 bits per heavy atom. The number of rotatable bonds is 3. The average Bonchev–Trinajstić information content (AvgIpc) is 2.32. The minimum absolute atomic E-state index is 0.161. The zero-order valence-electron chi connectivity index (χ0n) is 10.5. The standard InChI is InChI=1S/C13H15FN2O3/c1-13(19)7-16(8-13)11(17)6-15-12(18)9-3-2-4-10(14)5-9/h2-5,19H,6-8H2,1H3,(H,15,18).